The van der Waals surface area contributed by atoms with Gasteiger partial charge in [0.05, 0.1) is 41.7 Å². The number of hydrogen-bond donors (Lipinski definition) is 0. The van der Waals surface area contributed by atoms with Crippen LogP contribution in [0.4, 0.5) is 18.0 Å². The third-order valence-electron chi connectivity index (χ3n) is 8.27. The topological polar surface area (TPSA) is 100 Å². The first-order valence-electron chi connectivity index (χ1n) is 15.8. The summed E-state index contributed by atoms with van der Waals surface area (Å²) in [5, 5.41) is 4.62. The normalized spacial score (nSPS) is 15.0. The fraction of sp³-hybridized carbons (Fsp3) is 0.371. The quantitative estimate of drug-likeness (QED) is 0.158. The first-order valence-corrected chi connectivity index (χ1v) is 16.6. The number of carbonyl (C=O) groups excluding carboxylic acids is 2. The molecule has 5 aromatic rings. The van der Waals surface area contributed by atoms with Crippen LogP contribution in [0.1, 0.15) is 73.5 Å². The predicted octanol–water partition coefficient (Wildman–Crippen LogP) is 8.44. The van der Waals surface area contributed by atoms with E-state index in [-0.39, 0.29) is 28.3 Å². The Kier molecular flexibility index (Phi) is 9.18. The maximum atomic E-state index is 13.7. The predicted molar refractivity (Wildman–Crippen MR) is 178 cm³/mol. The number of rotatable bonds is 7. The molecule has 0 radical (unpaired) electrons. The molecule has 6 rings (SSSR count). The largest absolute Gasteiger partial charge is 0.484 e. The highest BCUT2D eigenvalue weighted by atomic mass is 32.1. The Morgan fingerprint density at radius 3 is 2.45 bits per heavy atom. The van der Waals surface area contributed by atoms with E-state index in [1.165, 1.54) is 32.2 Å². The van der Waals surface area contributed by atoms with Crippen molar-refractivity contribution in [3.05, 3.63) is 83.3 Å². The monoisotopic (exact) mass is 695 g/mol. The summed E-state index contributed by atoms with van der Waals surface area (Å²) in [4.78, 5) is 32.2. The zero-order valence-corrected chi connectivity index (χ0v) is 28.5. The van der Waals surface area contributed by atoms with Gasteiger partial charge in [-0.25, -0.2) is 14.6 Å². The van der Waals surface area contributed by atoms with Gasteiger partial charge >= 0.3 is 18.2 Å². The van der Waals surface area contributed by atoms with E-state index in [4.69, 9.17) is 14.2 Å². The van der Waals surface area contributed by atoms with E-state index in [0.29, 0.717) is 29.3 Å². The van der Waals surface area contributed by atoms with Crippen LogP contribution in [0, 0.1) is 0 Å². The molecule has 0 aliphatic carbocycles. The number of nitrogens with zero attached hydrogens (tertiary/aromatic N) is 5. The Balaban J connectivity index is 1.20. The summed E-state index contributed by atoms with van der Waals surface area (Å²) in [5.41, 5.74) is 1.75. The van der Waals surface area contributed by atoms with Crippen molar-refractivity contribution in [2.75, 3.05) is 20.2 Å². The highest BCUT2D eigenvalue weighted by Crippen LogP contribution is 2.41. The SMILES string of the molecule is COC(=O)c1sc(-c2cnc3cc(-c4cnn(C5CCN(C(=O)OC(C)(C)C)CC5)c4)ccn23)cc1OC(C)c1ccccc1C(F)(F)F. The number of fused-ring (bicyclic) bond motifs is 1. The van der Waals surface area contributed by atoms with Crippen molar-refractivity contribution in [2.45, 2.75) is 64.5 Å². The summed E-state index contributed by atoms with van der Waals surface area (Å²) >= 11 is 1.11. The molecule has 258 valence electrons. The van der Waals surface area contributed by atoms with Gasteiger partial charge in [0.25, 0.3) is 0 Å². The van der Waals surface area contributed by atoms with Crippen LogP contribution in [-0.4, -0.2) is 61.9 Å². The van der Waals surface area contributed by atoms with E-state index in [9.17, 15) is 22.8 Å². The molecule has 5 heterocycles. The summed E-state index contributed by atoms with van der Waals surface area (Å²) in [6.07, 6.45) is 2.98. The van der Waals surface area contributed by atoms with Crippen molar-refractivity contribution >= 4 is 29.0 Å². The number of benzene rings is 1. The lowest BCUT2D eigenvalue weighted by Gasteiger charge is -2.33. The number of thiophene rings is 1. The first kappa shape index (κ1) is 34.0. The maximum Gasteiger partial charge on any atom is 0.416 e. The third kappa shape index (κ3) is 7.28. The molecule has 49 heavy (non-hydrogen) atoms. The van der Waals surface area contributed by atoms with Crippen LogP contribution in [0.25, 0.3) is 27.3 Å². The fourth-order valence-corrected chi connectivity index (χ4v) is 6.87. The molecule has 1 aromatic carbocycles. The lowest BCUT2D eigenvalue weighted by Crippen LogP contribution is -2.42. The molecule has 1 aliphatic rings. The number of amides is 1. The van der Waals surface area contributed by atoms with E-state index >= 15 is 0 Å². The minimum atomic E-state index is -4.56. The molecule has 10 nitrogen and oxygen atoms in total. The number of alkyl halides is 3. The second-order valence-electron chi connectivity index (χ2n) is 12.8. The summed E-state index contributed by atoms with van der Waals surface area (Å²) in [7, 11) is 1.23. The third-order valence-corrected chi connectivity index (χ3v) is 9.39. The molecule has 1 fully saturated rings. The molecular weight excluding hydrogens is 659 g/mol. The van der Waals surface area contributed by atoms with Gasteiger partial charge in [-0.15, -0.1) is 11.3 Å². The summed E-state index contributed by atoms with van der Waals surface area (Å²) < 4.78 is 61.3. The van der Waals surface area contributed by atoms with Crippen LogP contribution in [0.15, 0.2) is 67.3 Å². The molecule has 1 amide bonds. The van der Waals surface area contributed by atoms with E-state index < -0.39 is 29.4 Å². The van der Waals surface area contributed by atoms with Gasteiger partial charge in [-0.1, -0.05) is 18.2 Å². The Morgan fingerprint density at radius 1 is 1.02 bits per heavy atom. The van der Waals surface area contributed by atoms with Crippen molar-refractivity contribution in [2.24, 2.45) is 0 Å². The average molecular weight is 696 g/mol. The van der Waals surface area contributed by atoms with Crippen LogP contribution < -0.4 is 4.74 Å². The molecule has 14 heteroatoms. The number of ether oxygens (including phenoxy) is 3. The number of carbonyl (C=O) groups is 2. The highest BCUT2D eigenvalue weighted by molar-refractivity contribution is 7.17. The molecule has 1 unspecified atom stereocenters. The Morgan fingerprint density at radius 2 is 1.76 bits per heavy atom. The molecule has 0 N–H and O–H groups in total. The van der Waals surface area contributed by atoms with Gasteiger partial charge in [0.1, 0.15) is 23.1 Å². The van der Waals surface area contributed by atoms with Crippen LogP contribution in [0.3, 0.4) is 0 Å². The molecule has 1 atom stereocenters. The lowest BCUT2D eigenvalue weighted by atomic mass is 10.0. The Bertz CT molecular complexity index is 1980. The molecule has 1 aliphatic heterocycles. The number of esters is 1. The zero-order chi connectivity index (χ0) is 35.1. The van der Waals surface area contributed by atoms with Gasteiger partial charge < -0.3 is 19.1 Å². The Hall–Kier alpha value is -4.85. The average Bonchev–Trinajstić information content (AvgIpc) is 3.82. The fourth-order valence-electron chi connectivity index (χ4n) is 5.86. The number of pyridine rings is 1. The van der Waals surface area contributed by atoms with Gasteiger partial charge in [0, 0.05) is 42.7 Å². The number of imidazole rings is 1. The van der Waals surface area contributed by atoms with E-state index in [1.54, 1.807) is 23.4 Å². The summed E-state index contributed by atoms with van der Waals surface area (Å²) in [6.45, 7) is 8.25. The molecular formula is C35H36F3N5O5S. The molecule has 0 bridgehead atoms. The molecule has 4 aromatic heterocycles. The minimum Gasteiger partial charge on any atom is -0.484 e. The van der Waals surface area contributed by atoms with Crippen LogP contribution in [0.2, 0.25) is 0 Å². The lowest BCUT2D eigenvalue weighted by molar-refractivity contribution is -0.139. The van der Waals surface area contributed by atoms with Gasteiger partial charge in [-0.05, 0) is 64.3 Å². The van der Waals surface area contributed by atoms with Gasteiger partial charge in [0.2, 0.25) is 0 Å². The van der Waals surface area contributed by atoms with Crippen LogP contribution in [-0.2, 0) is 15.7 Å². The molecule has 1 saturated heterocycles. The standard InChI is InChI=1S/C35H36F3N5O5S/c1-21(25-8-6-7-9-26(25)35(36,37)38)47-28-17-29(49-31(28)32(44)46-5)27-19-39-30-16-22(10-15-42(27)30)23-18-40-43(20-23)24-11-13-41(14-12-24)33(45)48-34(2,3)4/h6-10,15-21,24H,11-14H2,1-5H3. The summed E-state index contributed by atoms with van der Waals surface area (Å²) in [5.74, 6) is -0.543. The number of methoxy groups -OCH3 is 1. The van der Waals surface area contributed by atoms with Crippen molar-refractivity contribution in [3.8, 4) is 27.4 Å². The number of piperidine rings is 1. The number of aromatic nitrogens is 4. The smallest absolute Gasteiger partial charge is 0.416 e. The van der Waals surface area contributed by atoms with Gasteiger partial charge in [0.15, 0.2) is 4.88 Å². The van der Waals surface area contributed by atoms with Crippen molar-refractivity contribution in [3.63, 3.8) is 0 Å². The molecule has 0 spiro atoms. The zero-order valence-electron chi connectivity index (χ0n) is 27.7. The van der Waals surface area contributed by atoms with Crippen molar-refractivity contribution in [1.29, 1.82) is 0 Å². The van der Waals surface area contributed by atoms with E-state index in [1.807, 2.05) is 54.4 Å². The van der Waals surface area contributed by atoms with Crippen LogP contribution in [0.5, 0.6) is 5.75 Å². The van der Waals surface area contributed by atoms with Crippen molar-refractivity contribution in [1.82, 2.24) is 24.1 Å². The van der Waals surface area contributed by atoms with Crippen molar-refractivity contribution < 1.29 is 37.0 Å². The van der Waals surface area contributed by atoms with Crippen LogP contribution >= 0.6 is 11.3 Å². The Labute approximate surface area is 285 Å². The number of halogens is 3. The van der Waals surface area contributed by atoms with Gasteiger partial charge in [-0.2, -0.15) is 18.3 Å². The number of likely N-dealkylation sites (tertiary alicyclic amines) is 1. The second kappa shape index (κ2) is 13.2. The first-order chi connectivity index (χ1) is 23.2. The minimum absolute atomic E-state index is 0.0459. The van der Waals surface area contributed by atoms with E-state index in [2.05, 4.69) is 10.1 Å². The molecule has 0 saturated carbocycles. The van der Waals surface area contributed by atoms with E-state index in [0.717, 1.165) is 41.4 Å². The van der Waals surface area contributed by atoms with Gasteiger partial charge in [-0.3, -0.25) is 9.08 Å². The second-order valence-corrected chi connectivity index (χ2v) is 13.9. The summed E-state index contributed by atoms with van der Waals surface area (Å²) in [6, 6.07) is 10.8. The maximum absolute atomic E-state index is 13.7. The highest BCUT2D eigenvalue weighted by Gasteiger charge is 2.35. The number of hydrogen-bond acceptors (Lipinski definition) is 8.